The molecule has 0 atom stereocenters. The van der Waals surface area contributed by atoms with Crippen molar-refractivity contribution in [2.75, 3.05) is 11.9 Å². The Bertz CT molecular complexity index is 725. The lowest BCUT2D eigenvalue weighted by atomic mass is 10.2. The Labute approximate surface area is 136 Å². The van der Waals surface area contributed by atoms with E-state index in [9.17, 15) is 9.59 Å². The van der Waals surface area contributed by atoms with Gasteiger partial charge >= 0.3 is 5.97 Å². The number of nitrogens with zero attached hydrogens (tertiary/aromatic N) is 2. The molecule has 0 aliphatic heterocycles. The van der Waals surface area contributed by atoms with Crippen molar-refractivity contribution < 1.29 is 14.3 Å². The van der Waals surface area contributed by atoms with Crippen molar-refractivity contribution in [2.45, 2.75) is 13.8 Å². The summed E-state index contributed by atoms with van der Waals surface area (Å²) in [6, 6.07) is 6.79. The minimum atomic E-state index is -0.545. The number of amides is 1. The van der Waals surface area contributed by atoms with Gasteiger partial charge in [0, 0.05) is 11.5 Å². The number of hydrogen-bond donors (Lipinski definition) is 1. The van der Waals surface area contributed by atoms with Gasteiger partial charge in [-0.2, -0.15) is 5.10 Å². The van der Waals surface area contributed by atoms with Gasteiger partial charge in [-0.05, 0) is 32.0 Å². The van der Waals surface area contributed by atoms with Crippen LogP contribution >= 0.6 is 15.9 Å². The zero-order chi connectivity index (χ0) is 16.3. The Hall–Kier alpha value is -2.15. The van der Waals surface area contributed by atoms with Gasteiger partial charge in [-0.15, -0.1) is 0 Å². The normalized spacial score (nSPS) is 10.4. The molecule has 2 rings (SSSR count). The van der Waals surface area contributed by atoms with E-state index in [0.29, 0.717) is 16.9 Å². The van der Waals surface area contributed by atoms with E-state index < -0.39 is 11.9 Å². The standard InChI is InChI=1S/C15H16BrN3O3/c1-9-14(10(2)19(3)18-9)17-13(20)8-22-15(21)11-5-4-6-12(16)7-11/h4-7H,8H2,1-3H3,(H,17,20). The zero-order valence-corrected chi connectivity index (χ0v) is 14.1. The Morgan fingerprint density at radius 1 is 1.36 bits per heavy atom. The lowest BCUT2D eigenvalue weighted by Gasteiger charge is -2.07. The first-order valence-electron chi connectivity index (χ1n) is 6.61. The van der Waals surface area contributed by atoms with Gasteiger partial charge in [-0.3, -0.25) is 9.48 Å². The third-order valence-corrected chi connectivity index (χ3v) is 3.66. The molecule has 1 amide bonds. The second-order valence-corrected chi connectivity index (χ2v) is 5.72. The molecule has 6 nitrogen and oxygen atoms in total. The predicted octanol–water partition coefficient (Wildman–Crippen LogP) is 2.59. The van der Waals surface area contributed by atoms with Gasteiger partial charge in [0.05, 0.1) is 22.6 Å². The number of aryl methyl sites for hydroxylation is 2. The molecule has 0 unspecified atom stereocenters. The highest BCUT2D eigenvalue weighted by molar-refractivity contribution is 9.10. The molecule has 116 valence electrons. The number of hydrogen-bond acceptors (Lipinski definition) is 4. The van der Waals surface area contributed by atoms with E-state index in [1.807, 2.05) is 6.92 Å². The van der Waals surface area contributed by atoms with Crippen LogP contribution in [0.5, 0.6) is 0 Å². The SMILES string of the molecule is Cc1nn(C)c(C)c1NC(=O)COC(=O)c1cccc(Br)c1. The highest BCUT2D eigenvalue weighted by atomic mass is 79.9. The van der Waals surface area contributed by atoms with Crippen molar-refractivity contribution in [1.82, 2.24) is 9.78 Å². The number of halogens is 1. The number of carbonyl (C=O) groups is 2. The summed E-state index contributed by atoms with van der Waals surface area (Å²) in [5.41, 5.74) is 2.58. The van der Waals surface area contributed by atoms with Crippen LogP contribution in [0.1, 0.15) is 21.7 Å². The Morgan fingerprint density at radius 3 is 2.68 bits per heavy atom. The highest BCUT2D eigenvalue weighted by Gasteiger charge is 2.14. The molecule has 2 aromatic rings. The Morgan fingerprint density at radius 2 is 2.09 bits per heavy atom. The lowest BCUT2D eigenvalue weighted by Crippen LogP contribution is -2.21. The molecule has 0 saturated carbocycles. The summed E-state index contributed by atoms with van der Waals surface area (Å²) in [6.45, 7) is 3.30. The summed E-state index contributed by atoms with van der Waals surface area (Å²) >= 11 is 3.28. The van der Waals surface area contributed by atoms with Crippen LogP contribution in [0.3, 0.4) is 0 Å². The van der Waals surface area contributed by atoms with Gasteiger partial charge in [0.1, 0.15) is 0 Å². The molecule has 0 fully saturated rings. The fourth-order valence-corrected chi connectivity index (χ4v) is 2.36. The molecule has 0 bridgehead atoms. The van der Waals surface area contributed by atoms with Crippen LogP contribution in [0, 0.1) is 13.8 Å². The number of anilines is 1. The van der Waals surface area contributed by atoms with Crippen molar-refractivity contribution in [1.29, 1.82) is 0 Å². The van der Waals surface area contributed by atoms with E-state index in [1.54, 1.807) is 42.9 Å². The molecule has 1 N–H and O–H groups in total. The van der Waals surface area contributed by atoms with E-state index in [0.717, 1.165) is 10.2 Å². The number of benzene rings is 1. The topological polar surface area (TPSA) is 73.2 Å². The van der Waals surface area contributed by atoms with E-state index in [2.05, 4.69) is 26.3 Å². The first kappa shape index (κ1) is 16.2. The number of carbonyl (C=O) groups excluding carboxylic acids is 2. The number of esters is 1. The molecule has 1 heterocycles. The lowest BCUT2D eigenvalue weighted by molar-refractivity contribution is -0.119. The van der Waals surface area contributed by atoms with Crippen LogP contribution in [0.15, 0.2) is 28.7 Å². The summed E-state index contributed by atoms with van der Waals surface area (Å²) < 4.78 is 7.45. The molecular weight excluding hydrogens is 350 g/mol. The van der Waals surface area contributed by atoms with E-state index in [1.165, 1.54) is 0 Å². The molecule has 22 heavy (non-hydrogen) atoms. The van der Waals surface area contributed by atoms with Gasteiger partial charge in [-0.25, -0.2) is 4.79 Å². The number of aromatic nitrogens is 2. The molecule has 0 aliphatic rings. The maximum absolute atomic E-state index is 11.9. The highest BCUT2D eigenvalue weighted by Crippen LogP contribution is 2.18. The van der Waals surface area contributed by atoms with Gasteiger partial charge < -0.3 is 10.1 Å². The molecule has 0 saturated heterocycles. The third kappa shape index (κ3) is 3.73. The van der Waals surface area contributed by atoms with Gasteiger partial charge in [-0.1, -0.05) is 22.0 Å². The summed E-state index contributed by atoms with van der Waals surface area (Å²) in [5, 5.41) is 6.91. The maximum atomic E-state index is 11.9. The quantitative estimate of drug-likeness (QED) is 0.845. The zero-order valence-electron chi connectivity index (χ0n) is 12.5. The summed E-state index contributed by atoms with van der Waals surface area (Å²) in [5.74, 6) is -0.946. The van der Waals surface area contributed by atoms with E-state index >= 15 is 0 Å². The molecule has 0 spiro atoms. The minimum Gasteiger partial charge on any atom is -0.452 e. The Kier molecular flexibility index (Phi) is 4.97. The van der Waals surface area contributed by atoms with Gasteiger partial charge in [0.15, 0.2) is 6.61 Å². The number of rotatable bonds is 4. The first-order valence-corrected chi connectivity index (χ1v) is 7.40. The van der Waals surface area contributed by atoms with Crippen LogP contribution in [-0.4, -0.2) is 28.3 Å². The summed E-state index contributed by atoms with van der Waals surface area (Å²) in [7, 11) is 1.80. The molecule has 1 aromatic heterocycles. The summed E-state index contributed by atoms with van der Waals surface area (Å²) in [6.07, 6.45) is 0. The second kappa shape index (κ2) is 6.74. The van der Waals surface area contributed by atoms with Crippen molar-refractivity contribution in [3.05, 3.63) is 45.7 Å². The molecule has 7 heteroatoms. The van der Waals surface area contributed by atoms with Crippen molar-refractivity contribution in [3.8, 4) is 0 Å². The van der Waals surface area contributed by atoms with Gasteiger partial charge in [0.25, 0.3) is 5.91 Å². The monoisotopic (exact) mass is 365 g/mol. The van der Waals surface area contributed by atoms with Gasteiger partial charge in [0.2, 0.25) is 0 Å². The number of ether oxygens (including phenoxy) is 1. The van der Waals surface area contributed by atoms with Crippen molar-refractivity contribution in [2.24, 2.45) is 7.05 Å². The number of nitrogens with one attached hydrogen (secondary N) is 1. The summed E-state index contributed by atoms with van der Waals surface area (Å²) in [4.78, 5) is 23.7. The average molecular weight is 366 g/mol. The molecular formula is C15H16BrN3O3. The van der Waals surface area contributed by atoms with Crippen LogP contribution < -0.4 is 5.32 Å². The van der Waals surface area contributed by atoms with Crippen LogP contribution in [-0.2, 0) is 16.6 Å². The largest absolute Gasteiger partial charge is 0.452 e. The Balaban J connectivity index is 1.94. The van der Waals surface area contributed by atoms with Crippen LogP contribution in [0.2, 0.25) is 0 Å². The first-order chi connectivity index (χ1) is 10.4. The maximum Gasteiger partial charge on any atom is 0.338 e. The third-order valence-electron chi connectivity index (χ3n) is 3.17. The van der Waals surface area contributed by atoms with Crippen LogP contribution in [0.25, 0.3) is 0 Å². The average Bonchev–Trinajstić information content (AvgIpc) is 2.71. The van der Waals surface area contributed by atoms with Crippen molar-refractivity contribution in [3.63, 3.8) is 0 Å². The smallest absolute Gasteiger partial charge is 0.338 e. The molecule has 0 radical (unpaired) electrons. The fourth-order valence-electron chi connectivity index (χ4n) is 1.96. The molecule has 1 aromatic carbocycles. The van der Waals surface area contributed by atoms with E-state index in [4.69, 9.17) is 4.74 Å². The molecule has 0 aliphatic carbocycles. The minimum absolute atomic E-state index is 0.348. The fraction of sp³-hybridized carbons (Fsp3) is 0.267. The van der Waals surface area contributed by atoms with Crippen LogP contribution in [0.4, 0.5) is 5.69 Å². The predicted molar refractivity (Wildman–Crippen MR) is 85.7 cm³/mol. The van der Waals surface area contributed by atoms with Crippen molar-refractivity contribution >= 4 is 33.5 Å². The second-order valence-electron chi connectivity index (χ2n) is 4.80. The van der Waals surface area contributed by atoms with E-state index in [-0.39, 0.29) is 6.61 Å².